The van der Waals surface area contributed by atoms with Gasteiger partial charge in [0.2, 0.25) is 5.91 Å². The summed E-state index contributed by atoms with van der Waals surface area (Å²) < 4.78 is 12.7. The van der Waals surface area contributed by atoms with Crippen LogP contribution in [0.2, 0.25) is 0 Å². The molecule has 0 saturated carbocycles. The maximum Gasteiger partial charge on any atom is 0.256 e. The molecule has 7 nitrogen and oxygen atoms in total. The molecule has 0 saturated heterocycles. The predicted octanol–water partition coefficient (Wildman–Crippen LogP) is 4.36. The number of hydrogen-bond acceptors (Lipinski definition) is 5. The van der Waals surface area contributed by atoms with Crippen LogP contribution < -0.4 is 25.2 Å². The van der Waals surface area contributed by atoms with Crippen molar-refractivity contribution in [3.8, 4) is 11.5 Å². The van der Waals surface area contributed by atoms with Gasteiger partial charge in [-0.05, 0) is 60.3 Å². The fraction of sp³-hybridized carbons (Fsp3) is 0.214. The zero-order valence-electron chi connectivity index (χ0n) is 19.8. The number of anilines is 2. The summed E-state index contributed by atoms with van der Waals surface area (Å²) in [4.78, 5) is 28.9. The van der Waals surface area contributed by atoms with Crippen molar-refractivity contribution < 1.29 is 14.3 Å². The minimum Gasteiger partial charge on any atom is -0.497 e. The summed E-state index contributed by atoms with van der Waals surface area (Å²) in [5.74, 6) is 1.13. The first-order chi connectivity index (χ1) is 17.0. The minimum absolute atomic E-state index is 0.0882. The molecular formula is C28H27N3O4. The first kappa shape index (κ1) is 22.5. The van der Waals surface area contributed by atoms with E-state index in [9.17, 15) is 9.59 Å². The van der Waals surface area contributed by atoms with Gasteiger partial charge in [-0.25, -0.2) is 0 Å². The van der Waals surface area contributed by atoms with E-state index in [0.717, 1.165) is 22.3 Å². The van der Waals surface area contributed by atoms with Crippen LogP contribution >= 0.6 is 0 Å². The molecular weight excluding hydrogens is 442 g/mol. The highest BCUT2D eigenvalue weighted by atomic mass is 16.5. The Balaban J connectivity index is 1.53. The van der Waals surface area contributed by atoms with Gasteiger partial charge in [0.05, 0.1) is 24.9 Å². The van der Waals surface area contributed by atoms with E-state index in [0.29, 0.717) is 42.3 Å². The summed E-state index contributed by atoms with van der Waals surface area (Å²) in [7, 11) is 1.58. The molecule has 2 heterocycles. The summed E-state index contributed by atoms with van der Waals surface area (Å²) in [6.45, 7) is 3.07. The summed E-state index contributed by atoms with van der Waals surface area (Å²) in [6, 6.07) is 22.9. The van der Waals surface area contributed by atoms with Crippen LogP contribution in [0, 0.1) is 6.92 Å². The second-order valence-electron chi connectivity index (χ2n) is 8.57. The van der Waals surface area contributed by atoms with E-state index in [1.807, 2.05) is 73.7 Å². The molecule has 0 aliphatic carbocycles. The maximum absolute atomic E-state index is 13.6. The molecule has 5 rings (SSSR count). The molecule has 0 spiro atoms. The topological polar surface area (TPSA) is 72.8 Å². The van der Waals surface area contributed by atoms with Gasteiger partial charge in [0, 0.05) is 23.9 Å². The Bertz CT molecular complexity index is 1450. The molecule has 0 unspecified atom stereocenters. The zero-order valence-corrected chi connectivity index (χ0v) is 19.8. The average molecular weight is 470 g/mol. The van der Waals surface area contributed by atoms with E-state index < -0.39 is 0 Å². The normalized spacial score (nSPS) is 12.7. The van der Waals surface area contributed by atoms with E-state index in [-0.39, 0.29) is 18.0 Å². The molecule has 3 aromatic carbocycles. The molecule has 1 aliphatic heterocycles. The van der Waals surface area contributed by atoms with Crippen molar-refractivity contribution in [1.29, 1.82) is 0 Å². The molecule has 0 radical (unpaired) electrons. The number of nitrogens with one attached hydrogen (secondary N) is 1. The number of para-hydroxylation sites is 1. The molecule has 0 atom stereocenters. The van der Waals surface area contributed by atoms with Crippen molar-refractivity contribution in [2.45, 2.75) is 20.0 Å². The summed E-state index contributed by atoms with van der Waals surface area (Å²) in [5, 5.41) is 4.16. The second-order valence-corrected chi connectivity index (χ2v) is 8.57. The summed E-state index contributed by atoms with van der Waals surface area (Å²) in [6.07, 6.45) is 0. The third-order valence-electron chi connectivity index (χ3n) is 6.21. The van der Waals surface area contributed by atoms with Crippen LogP contribution in [0.3, 0.4) is 0 Å². The number of aryl methyl sites for hydroxylation is 1. The highest BCUT2D eigenvalue weighted by Gasteiger charge is 2.25. The van der Waals surface area contributed by atoms with Gasteiger partial charge in [-0.2, -0.15) is 0 Å². The number of hydrogen-bond donors (Lipinski definition) is 1. The highest BCUT2D eigenvalue weighted by Crippen LogP contribution is 2.32. The van der Waals surface area contributed by atoms with Crippen LogP contribution in [0.15, 0.2) is 77.6 Å². The number of carbonyl (C=O) groups is 1. The lowest BCUT2D eigenvalue weighted by Gasteiger charge is -2.30. The number of aromatic nitrogens is 1. The third-order valence-corrected chi connectivity index (χ3v) is 6.21. The molecule has 1 aliphatic rings. The maximum atomic E-state index is 13.6. The molecule has 1 N–H and O–H groups in total. The van der Waals surface area contributed by atoms with Crippen LogP contribution in [0.4, 0.5) is 11.4 Å². The Morgan fingerprint density at radius 3 is 2.69 bits per heavy atom. The fourth-order valence-corrected chi connectivity index (χ4v) is 4.38. The van der Waals surface area contributed by atoms with E-state index in [4.69, 9.17) is 9.47 Å². The molecule has 7 heteroatoms. The number of carbonyl (C=O) groups excluding carboxylic acids is 1. The van der Waals surface area contributed by atoms with E-state index in [2.05, 4.69) is 5.32 Å². The van der Waals surface area contributed by atoms with Crippen LogP contribution in [0.5, 0.6) is 11.5 Å². The first-order valence-electron chi connectivity index (χ1n) is 11.6. The number of ether oxygens (including phenoxy) is 2. The number of rotatable bonds is 6. The van der Waals surface area contributed by atoms with Crippen molar-refractivity contribution in [3.05, 3.63) is 94.3 Å². The molecule has 4 aromatic rings. The van der Waals surface area contributed by atoms with Crippen LogP contribution in [0.25, 0.3) is 10.9 Å². The van der Waals surface area contributed by atoms with Gasteiger partial charge < -0.3 is 19.7 Å². The Labute approximate surface area is 203 Å². The smallest absolute Gasteiger partial charge is 0.256 e. The quantitative estimate of drug-likeness (QED) is 0.454. The van der Waals surface area contributed by atoms with Crippen LogP contribution in [-0.4, -0.2) is 30.7 Å². The number of nitrogens with zero attached hydrogens (tertiary/aromatic N) is 2. The van der Waals surface area contributed by atoms with Crippen LogP contribution in [0.1, 0.15) is 11.1 Å². The Hall–Kier alpha value is -4.26. The molecule has 0 bridgehead atoms. The Morgan fingerprint density at radius 1 is 1.06 bits per heavy atom. The van der Waals surface area contributed by atoms with Gasteiger partial charge in [-0.3, -0.25) is 14.2 Å². The van der Waals surface area contributed by atoms with Crippen molar-refractivity contribution in [2.24, 2.45) is 0 Å². The van der Waals surface area contributed by atoms with Gasteiger partial charge >= 0.3 is 0 Å². The zero-order chi connectivity index (χ0) is 24.4. The number of benzene rings is 3. The van der Waals surface area contributed by atoms with Gasteiger partial charge in [-0.15, -0.1) is 0 Å². The highest BCUT2D eigenvalue weighted by molar-refractivity contribution is 5.96. The van der Waals surface area contributed by atoms with E-state index in [1.165, 1.54) is 0 Å². The molecule has 0 fully saturated rings. The van der Waals surface area contributed by atoms with Gasteiger partial charge in [0.25, 0.3) is 5.56 Å². The van der Waals surface area contributed by atoms with Gasteiger partial charge in [0.1, 0.15) is 24.7 Å². The molecule has 35 heavy (non-hydrogen) atoms. The van der Waals surface area contributed by atoms with Gasteiger partial charge in [-0.1, -0.05) is 24.3 Å². The molecule has 1 amide bonds. The first-order valence-corrected chi connectivity index (χ1v) is 11.6. The fourth-order valence-electron chi connectivity index (χ4n) is 4.38. The monoisotopic (exact) mass is 469 g/mol. The number of pyridine rings is 1. The van der Waals surface area contributed by atoms with Crippen molar-refractivity contribution in [3.63, 3.8) is 0 Å². The largest absolute Gasteiger partial charge is 0.497 e. The molecule has 178 valence electrons. The lowest BCUT2D eigenvalue weighted by molar-refractivity contribution is -0.119. The molecule has 1 aromatic heterocycles. The summed E-state index contributed by atoms with van der Waals surface area (Å²) >= 11 is 0. The van der Waals surface area contributed by atoms with Crippen molar-refractivity contribution in [2.75, 3.05) is 30.5 Å². The number of amides is 1. The number of methoxy groups -OCH3 is 1. The Kier molecular flexibility index (Phi) is 6.14. The Morgan fingerprint density at radius 2 is 1.89 bits per heavy atom. The van der Waals surface area contributed by atoms with Gasteiger partial charge in [0.15, 0.2) is 0 Å². The van der Waals surface area contributed by atoms with Crippen molar-refractivity contribution in [1.82, 2.24) is 4.57 Å². The lowest BCUT2D eigenvalue weighted by atomic mass is 10.1. The van der Waals surface area contributed by atoms with E-state index >= 15 is 0 Å². The van der Waals surface area contributed by atoms with Crippen molar-refractivity contribution >= 4 is 28.2 Å². The minimum atomic E-state index is -0.208. The number of fused-ring (bicyclic) bond motifs is 2. The van der Waals surface area contributed by atoms with E-state index in [1.54, 1.807) is 22.6 Å². The standard InChI is InChI=1S/C28H27N3O4/c1-19-8-11-26-25(14-19)30(12-13-35-26)27(32)18-31-24-16-23(34-2)10-9-20(24)15-21(28(31)33)17-29-22-6-4-3-5-7-22/h3-11,14-16,29H,12-13,17-18H2,1-2H3. The summed E-state index contributed by atoms with van der Waals surface area (Å²) in [5.41, 5.74) is 3.72. The second kappa shape index (κ2) is 9.54. The third kappa shape index (κ3) is 4.57. The lowest BCUT2D eigenvalue weighted by Crippen LogP contribution is -2.41. The average Bonchev–Trinajstić information content (AvgIpc) is 2.89. The predicted molar refractivity (Wildman–Crippen MR) is 138 cm³/mol. The SMILES string of the molecule is COc1ccc2cc(CNc3ccccc3)c(=O)n(CC(=O)N3CCOc4ccc(C)cc43)c2c1. The van der Waals surface area contributed by atoms with Crippen LogP contribution in [-0.2, 0) is 17.9 Å².